The average molecular weight is 308 g/mol. The molecule has 0 N–H and O–H groups in total. The van der Waals surface area contributed by atoms with Crippen molar-refractivity contribution in [1.82, 2.24) is 0 Å². The molecule has 0 saturated heterocycles. The van der Waals surface area contributed by atoms with Gasteiger partial charge in [-0.1, -0.05) is 97.1 Å². The number of rotatable bonds is 4. The lowest BCUT2D eigenvalue weighted by Gasteiger charge is -2.02. The summed E-state index contributed by atoms with van der Waals surface area (Å²) in [5.41, 5.74) is 2.27. The molecule has 0 aliphatic carbocycles. The third kappa shape index (κ3) is 6.51. The summed E-state index contributed by atoms with van der Waals surface area (Å²) in [6.07, 6.45) is 0. The van der Waals surface area contributed by atoms with Crippen molar-refractivity contribution in [3.05, 3.63) is 108 Å². The first-order chi connectivity index (χ1) is 10.8. The van der Waals surface area contributed by atoms with Gasteiger partial charge in [0.25, 0.3) is 0 Å². The van der Waals surface area contributed by atoms with E-state index in [1.807, 2.05) is 97.1 Å². The Hall–Kier alpha value is -2.19. The smallest absolute Gasteiger partial charge is 0.0489 e. The van der Waals surface area contributed by atoms with Crippen LogP contribution in [0, 0.1) is 0 Å². The molecule has 0 fully saturated rings. The van der Waals surface area contributed by atoms with E-state index in [0.29, 0.717) is 11.5 Å². The maximum Gasteiger partial charge on any atom is 0.0489 e. The van der Waals surface area contributed by atoms with Crippen LogP contribution < -0.4 is 0 Å². The Labute approximate surface area is 135 Å². The molecule has 0 aromatic heterocycles. The summed E-state index contributed by atoms with van der Waals surface area (Å²) in [5, 5.41) is 0. The zero-order valence-corrected chi connectivity index (χ0v) is 13.3. The van der Waals surface area contributed by atoms with E-state index in [0.717, 1.165) is 11.1 Å². The first-order valence-corrected chi connectivity index (χ1v) is 8.76. The number of hydrogen-bond acceptors (Lipinski definition) is 1. The molecule has 112 valence electrons. The summed E-state index contributed by atoms with van der Waals surface area (Å²) in [5.74, 6) is 1.27. The van der Waals surface area contributed by atoms with Crippen LogP contribution in [0.1, 0.15) is 11.1 Å². The molecule has 0 bridgehead atoms. The molecule has 3 rings (SSSR count). The molecule has 0 amide bonds. The van der Waals surface area contributed by atoms with Crippen molar-refractivity contribution in [3.8, 4) is 0 Å². The van der Waals surface area contributed by atoms with Gasteiger partial charge in [0.1, 0.15) is 0 Å². The summed E-state index contributed by atoms with van der Waals surface area (Å²) < 4.78 is 11.9. The van der Waals surface area contributed by atoms with E-state index in [1.54, 1.807) is 0 Å². The van der Waals surface area contributed by atoms with Crippen LogP contribution in [0.3, 0.4) is 0 Å². The highest BCUT2D eigenvalue weighted by atomic mass is 32.2. The van der Waals surface area contributed by atoms with Gasteiger partial charge in [-0.15, -0.1) is 0 Å². The quantitative estimate of drug-likeness (QED) is 0.675. The zero-order chi connectivity index (χ0) is 15.5. The first-order valence-electron chi connectivity index (χ1n) is 7.27. The molecule has 3 aromatic carbocycles. The highest BCUT2D eigenvalue weighted by Crippen LogP contribution is 2.08. The van der Waals surface area contributed by atoms with Crippen LogP contribution in [-0.4, -0.2) is 4.21 Å². The lowest BCUT2D eigenvalue weighted by atomic mass is 10.2. The minimum Gasteiger partial charge on any atom is -0.259 e. The standard InChI is InChI=1S/C14H14OS.C6H6/c15-16(11-13-7-3-1-4-8-13)12-14-9-5-2-6-10-14;1-2-4-6-5-3-1/h1-10H,11-12H2;1-6H. The van der Waals surface area contributed by atoms with E-state index in [9.17, 15) is 4.21 Å². The van der Waals surface area contributed by atoms with Crippen molar-refractivity contribution in [1.29, 1.82) is 0 Å². The molecule has 0 atom stereocenters. The van der Waals surface area contributed by atoms with Gasteiger partial charge in [-0.3, -0.25) is 4.21 Å². The first kappa shape index (κ1) is 16.2. The van der Waals surface area contributed by atoms with Gasteiger partial charge in [-0.2, -0.15) is 0 Å². The van der Waals surface area contributed by atoms with Gasteiger partial charge < -0.3 is 0 Å². The normalized spacial score (nSPS) is 9.86. The van der Waals surface area contributed by atoms with E-state index in [4.69, 9.17) is 0 Å². The Morgan fingerprint density at radius 1 is 0.500 bits per heavy atom. The van der Waals surface area contributed by atoms with Crippen molar-refractivity contribution in [2.75, 3.05) is 0 Å². The zero-order valence-electron chi connectivity index (χ0n) is 12.5. The highest BCUT2D eigenvalue weighted by Gasteiger charge is 2.02. The van der Waals surface area contributed by atoms with Gasteiger partial charge in [0.05, 0.1) is 0 Å². The van der Waals surface area contributed by atoms with Gasteiger partial charge in [0.15, 0.2) is 0 Å². The van der Waals surface area contributed by atoms with Gasteiger partial charge in [-0.25, -0.2) is 0 Å². The largest absolute Gasteiger partial charge is 0.259 e. The van der Waals surface area contributed by atoms with Crippen LogP contribution in [0.25, 0.3) is 0 Å². The van der Waals surface area contributed by atoms with Crippen LogP contribution in [0.15, 0.2) is 97.1 Å². The molecule has 0 aliphatic heterocycles. The molecule has 3 aromatic rings. The van der Waals surface area contributed by atoms with Crippen LogP contribution in [0.2, 0.25) is 0 Å². The number of benzene rings is 3. The van der Waals surface area contributed by atoms with Crippen molar-refractivity contribution < 1.29 is 4.21 Å². The molecular weight excluding hydrogens is 288 g/mol. The van der Waals surface area contributed by atoms with Crippen LogP contribution in [0.5, 0.6) is 0 Å². The van der Waals surface area contributed by atoms with Crippen molar-refractivity contribution >= 4 is 10.8 Å². The summed E-state index contributed by atoms with van der Waals surface area (Å²) in [6, 6.07) is 31.9. The van der Waals surface area contributed by atoms with Crippen molar-refractivity contribution in [2.24, 2.45) is 0 Å². The Kier molecular flexibility index (Phi) is 7.13. The van der Waals surface area contributed by atoms with E-state index >= 15 is 0 Å². The second-order valence-electron chi connectivity index (χ2n) is 4.85. The predicted octanol–water partition coefficient (Wildman–Crippen LogP) is 4.82. The summed E-state index contributed by atoms with van der Waals surface area (Å²) in [7, 11) is -0.822. The lowest BCUT2D eigenvalue weighted by Crippen LogP contribution is -1.99. The fourth-order valence-electron chi connectivity index (χ4n) is 1.96. The average Bonchev–Trinajstić information content (AvgIpc) is 2.59. The molecule has 0 radical (unpaired) electrons. The molecule has 0 heterocycles. The van der Waals surface area contributed by atoms with Gasteiger partial charge in [0, 0.05) is 22.3 Å². The van der Waals surface area contributed by atoms with Crippen molar-refractivity contribution in [3.63, 3.8) is 0 Å². The molecule has 0 spiro atoms. The maximum atomic E-state index is 11.9. The van der Waals surface area contributed by atoms with E-state index < -0.39 is 10.8 Å². The minimum absolute atomic E-state index is 0.635. The third-order valence-electron chi connectivity index (χ3n) is 3.01. The molecule has 0 aliphatic rings. The molecule has 22 heavy (non-hydrogen) atoms. The van der Waals surface area contributed by atoms with Crippen LogP contribution in [-0.2, 0) is 22.3 Å². The third-order valence-corrected chi connectivity index (χ3v) is 4.32. The van der Waals surface area contributed by atoms with E-state index in [1.165, 1.54) is 0 Å². The number of hydrogen-bond donors (Lipinski definition) is 0. The second-order valence-corrected chi connectivity index (χ2v) is 6.31. The summed E-state index contributed by atoms with van der Waals surface area (Å²) in [4.78, 5) is 0. The Morgan fingerprint density at radius 2 is 0.773 bits per heavy atom. The Bertz CT molecular complexity index is 581. The SMILES string of the molecule is O=S(Cc1ccccc1)Cc1ccccc1.c1ccccc1. The molecule has 0 saturated carbocycles. The molecule has 2 heteroatoms. The van der Waals surface area contributed by atoms with Crippen LogP contribution >= 0.6 is 0 Å². The minimum atomic E-state index is -0.822. The van der Waals surface area contributed by atoms with Gasteiger partial charge in [0.2, 0.25) is 0 Å². The maximum absolute atomic E-state index is 11.9. The Morgan fingerprint density at radius 3 is 1.09 bits per heavy atom. The molecular formula is C20H20OS. The summed E-state index contributed by atoms with van der Waals surface area (Å²) >= 11 is 0. The monoisotopic (exact) mass is 308 g/mol. The lowest BCUT2D eigenvalue weighted by molar-refractivity contribution is 0.682. The van der Waals surface area contributed by atoms with Gasteiger partial charge in [-0.05, 0) is 11.1 Å². The van der Waals surface area contributed by atoms with Crippen LogP contribution in [0.4, 0.5) is 0 Å². The fourth-order valence-corrected chi connectivity index (χ4v) is 3.19. The molecule has 1 nitrogen and oxygen atoms in total. The topological polar surface area (TPSA) is 17.1 Å². The van der Waals surface area contributed by atoms with E-state index in [-0.39, 0.29) is 0 Å². The molecule has 0 unspecified atom stereocenters. The van der Waals surface area contributed by atoms with Crippen molar-refractivity contribution in [2.45, 2.75) is 11.5 Å². The summed E-state index contributed by atoms with van der Waals surface area (Å²) in [6.45, 7) is 0. The predicted molar refractivity (Wildman–Crippen MR) is 94.9 cm³/mol. The van der Waals surface area contributed by atoms with E-state index in [2.05, 4.69) is 0 Å². The van der Waals surface area contributed by atoms with Gasteiger partial charge >= 0.3 is 0 Å². The highest BCUT2D eigenvalue weighted by molar-refractivity contribution is 7.83. The Balaban J connectivity index is 0.000000246. The fraction of sp³-hybridized carbons (Fsp3) is 0.100. The second kappa shape index (κ2) is 9.69.